The molecule has 0 spiro atoms. The Bertz CT molecular complexity index is 265. The summed E-state index contributed by atoms with van der Waals surface area (Å²) in [6.45, 7) is 4.51. The molecule has 0 amide bonds. The summed E-state index contributed by atoms with van der Waals surface area (Å²) < 4.78 is 5.80. The van der Waals surface area contributed by atoms with E-state index in [2.05, 4.69) is 29.8 Å². The topological polar surface area (TPSA) is 26.3 Å². The molecule has 0 aliphatic heterocycles. The predicted octanol–water partition coefficient (Wildman–Crippen LogP) is 7.96. The second-order valence-corrected chi connectivity index (χ2v) is 8.16. The first-order valence-corrected chi connectivity index (χ1v) is 12.1. The molecule has 0 unspecified atom stereocenters. The Morgan fingerprint density at radius 1 is 0.720 bits per heavy atom. The van der Waals surface area contributed by atoms with Crippen molar-refractivity contribution in [2.75, 3.05) is 5.33 Å². The van der Waals surface area contributed by atoms with Crippen LogP contribution in [-0.2, 0) is 9.53 Å². The first-order valence-electron chi connectivity index (χ1n) is 11.0. The molecule has 0 aromatic rings. The fraction of sp³-hybridized carbons (Fsp3) is 0.955. The second-order valence-electron chi connectivity index (χ2n) is 7.37. The summed E-state index contributed by atoms with van der Waals surface area (Å²) in [6, 6.07) is 0. The van der Waals surface area contributed by atoms with Gasteiger partial charge in [-0.3, -0.25) is 4.79 Å². The van der Waals surface area contributed by atoms with Crippen LogP contribution in [-0.4, -0.2) is 17.4 Å². The predicted molar refractivity (Wildman–Crippen MR) is 114 cm³/mol. The summed E-state index contributed by atoms with van der Waals surface area (Å²) in [5, 5.41) is 0.971. The van der Waals surface area contributed by atoms with Crippen molar-refractivity contribution < 1.29 is 9.53 Å². The van der Waals surface area contributed by atoms with Crippen LogP contribution in [0.1, 0.15) is 123 Å². The second kappa shape index (κ2) is 20.3. The van der Waals surface area contributed by atoms with Crippen molar-refractivity contribution >= 4 is 21.9 Å². The SMILES string of the molecule is CCCCCCCCC(CCCCCCCC)OC(=O)CCCCBr. The van der Waals surface area contributed by atoms with Crippen molar-refractivity contribution in [3.63, 3.8) is 0 Å². The lowest BCUT2D eigenvalue weighted by Crippen LogP contribution is -2.18. The Labute approximate surface area is 166 Å². The molecule has 0 aromatic carbocycles. The first kappa shape index (κ1) is 24.9. The van der Waals surface area contributed by atoms with Crippen LogP contribution in [0, 0.1) is 0 Å². The van der Waals surface area contributed by atoms with Gasteiger partial charge < -0.3 is 4.74 Å². The zero-order valence-electron chi connectivity index (χ0n) is 17.0. The van der Waals surface area contributed by atoms with Crippen LogP contribution < -0.4 is 0 Å². The van der Waals surface area contributed by atoms with Crippen molar-refractivity contribution in [1.82, 2.24) is 0 Å². The Balaban J connectivity index is 3.97. The third-order valence-electron chi connectivity index (χ3n) is 4.82. The maximum absolute atomic E-state index is 12.0. The highest BCUT2D eigenvalue weighted by molar-refractivity contribution is 9.09. The molecular weight excluding hydrogens is 376 g/mol. The highest BCUT2D eigenvalue weighted by Gasteiger charge is 2.14. The average Bonchev–Trinajstić information content (AvgIpc) is 2.60. The Morgan fingerprint density at radius 3 is 1.68 bits per heavy atom. The smallest absolute Gasteiger partial charge is 0.306 e. The van der Waals surface area contributed by atoms with E-state index in [1.807, 2.05) is 0 Å². The third-order valence-corrected chi connectivity index (χ3v) is 5.38. The van der Waals surface area contributed by atoms with Gasteiger partial charge in [-0.2, -0.15) is 0 Å². The number of esters is 1. The molecule has 0 heterocycles. The molecular formula is C22H43BrO2. The number of hydrogen-bond donors (Lipinski definition) is 0. The van der Waals surface area contributed by atoms with Crippen LogP contribution in [0.2, 0.25) is 0 Å². The molecule has 0 aromatic heterocycles. The van der Waals surface area contributed by atoms with Crippen molar-refractivity contribution in [1.29, 1.82) is 0 Å². The lowest BCUT2D eigenvalue weighted by molar-refractivity contribution is -0.150. The molecule has 0 rings (SSSR count). The fourth-order valence-corrected chi connectivity index (χ4v) is 3.57. The number of ether oxygens (including phenoxy) is 1. The van der Waals surface area contributed by atoms with Crippen molar-refractivity contribution in [2.24, 2.45) is 0 Å². The van der Waals surface area contributed by atoms with Crippen molar-refractivity contribution in [3.8, 4) is 0 Å². The summed E-state index contributed by atoms with van der Waals surface area (Å²) in [5.41, 5.74) is 0. The number of carbonyl (C=O) groups is 1. The zero-order valence-corrected chi connectivity index (χ0v) is 18.6. The number of hydrogen-bond acceptors (Lipinski definition) is 2. The lowest BCUT2D eigenvalue weighted by atomic mass is 10.0. The van der Waals surface area contributed by atoms with Crippen LogP contribution in [0.25, 0.3) is 0 Å². The Morgan fingerprint density at radius 2 is 1.20 bits per heavy atom. The third kappa shape index (κ3) is 18.5. The molecule has 0 radical (unpaired) electrons. The van der Waals surface area contributed by atoms with Crippen LogP contribution in [0.5, 0.6) is 0 Å². The van der Waals surface area contributed by atoms with Gasteiger partial charge >= 0.3 is 5.97 Å². The molecule has 25 heavy (non-hydrogen) atoms. The molecule has 150 valence electrons. The molecule has 2 nitrogen and oxygen atoms in total. The maximum atomic E-state index is 12.0. The Hall–Kier alpha value is -0.0500. The van der Waals surface area contributed by atoms with Gasteiger partial charge in [0.1, 0.15) is 6.10 Å². The molecule has 0 saturated carbocycles. The monoisotopic (exact) mass is 418 g/mol. The summed E-state index contributed by atoms with van der Waals surface area (Å²) in [5.74, 6) is 0.0166. The zero-order chi connectivity index (χ0) is 18.6. The standard InChI is InChI=1S/C22H43BrO2/c1-3-5-7-9-11-13-17-21(18-14-12-10-8-6-4-2)25-22(24)19-15-16-20-23/h21H,3-20H2,1-2H3. The van der Waals surface area contributed by atoms with Gasteiger partial charge in [-0.15, -0.1) is 0 Å². The number of carbonyl (C=O) groups excluding carboxylic acids is 1. The van der Waals surface area contributed by atoms with Gasteiger partial charge in [-0.05, 0) is 38.5 Å². The number of unbranched alkanes of at least 4 members (excludes halogenated alkanes) is 11. The number of halogens is 1. The summed E-state index contributed by atoms with van der Waals surface area (Å²) in [7, 11) is 0. The van der Waals surface area contributed by atoms with E-state index in [1.54, 1.807) is 0 Å². The van der Waals surface area contributed by atoms with E-state index in [0.29, 0.717) is 6.42 Å². The van der Waals surface area contributed by atoms with Gasteiger partial charge in [0.25, 0.3) is 0 Å². The van der Waals surface area contributed by atoms with E-state index >= 15 is 0 Å². The molecule has 0 bridgehead atoms. The Kier molecular flexibility index (Phi) is 20.2. The van der Waals surface area contributed by atoms with Gasteiger partial charge in [0.05, 0.1) is 0 Å². The molecule has 0 aliphatic rings. The van der Waals surface area contributed by atoms with Gasteiger partial charge in [0.15, 0.2) is 0 Å². The van der Waals surface area contributed by atoms with Crippen molar-refractivity contribution in [2.45, 2.75) is 129 Å². The molecule has 0 atom stereocenters. The number of rotatable bonds is 19. The minimum Gasteiger partial charge on any atom is -0.462 e. The maximum Gasteiger partial charge on any atom is 0.306 e. The lowest BCUT2D eigenvalue weighted by Gasteiger charge is -2.18. The molecule has 3 heteroatoms. The van der Waals surface area contributed by atoms with E-state index in [9.17, 15) is 4.79 Å². The van der Waals surface area contributed by atoms with Gasteiger partial charge in [-0.1, -0.05) is 94.0 Å². The normalized spacial score (nSPS) is 11.2. The van der Waals surface area contributed by atoms with E-state index in [-0.39, 0.29) is 12.1 Å². The van der Waals surface area contributed by atoms with E-state index in [0.717, 1.165) is 31.0 Å². The van der Waals surface area contributed by atoms with Crippen LogP contribution in [0.3, 0.4) is 0 Å². The highest BCUT2D eigenvalue weighted by Crippen LogP contribution is 2.17. The van der Waals surface area contributed by atoms with Gasteiger partial charge in [-0.25, -0.2) is 0 Å². The summed E-state index contributed by atoms with van der Waals surface area (Å²) in [6.07, 6.45) is 20.5. The quantitative estimate of drug-likeness (QED) is 0.121. The number of alkyl halides is 1. The molecule has 0 saturated heterocycles. The summed E-state index contributed by atoms with van der Waals surface area (Å²) in [4.78, 5) is 12.0. The van der Waals surface area contributed by atoms with E-state index < -0.39 is 0 Å². The molecule has 0 fully saturated rings. The minimum atomic E-state index is 0.0166. The fourth-order valence-electron chi connectivity index (χ4n) is 3.18. The van der Waals surface area contributed by atoms with Crippen LogP contribution in [0.15, 0.2) is 0 Å². The molecule has 0 N–H and O–H groups in total. The van der Waals surface area contributed by atoms with E-state index in [4.69, 9.17) is 4.74 Å². The minimum absolute atomic E-state index is 0.0166. The molecule has 0 aliphatic carbocycles. The summed E-state index contributed by atoms with van der Waals surface area (Å²) >= 11 is 3.42. The van der Waals surface area contributed by atoms with Crippen molar-refractivity contribution in [3.05, 3.63) is 0 Å². The van der Waals surface area contributed by atoms with Gasteiger partial charge in [0, 0.05) is 11.8 Å². The first-order chi connectivity index (χ1) is 12.2. The average molecular weight is 419 g/mol. The van der Waals surface area contributed by atoms with Crippen LogP contribution in [0.4, 0.5) is 0 Å². The highest BCUT2D eigenvalue weighted by atomic mass is 79.9. The van der Waals surface area contributed by atoms with E-state index in [1.165, 1.54) is 77.0 Å². The van der Waals surface area contributed by atoms with Gasteiger partial charge in [0.2, 0.25) is 0 Å². The largest absolute Gasteiger partial charge is 0.462 e. The van der Waals surface area contributed by atoms with Crippen LogP contribution >= 0.6 is 15.9 Å².